The van der Waals surface area contributed by atoms with E-state index in [0.29, 0.717) is 0 Å². The van der Waals surface area contributed by atoms with Gasteiger partial charge in [-0.15, -0.1) is 0 Å². The van der Waals surface area contributed by atoms with E-state index in [1.807, 2.05) is 12.4 Å². The van der Waals surface area contributed by atoms with E-state index in [1.165, 1.54) is 17.6 Å². The van der Waals surface area contributed by atoms with Crippen molar-refractivity contribution in [2.75, 3.05) is 6.54 Å². The van der Waals surface area contributed by atoms with Crippen molar-refractivity contribution in [3.63, 3.8) is 0 Å². The van der Waals surface area contributed by atoms with Crippen molar-refractivity contribution in [2.24, 2.45) is 0 Å². The second kappa shape index (κ2) is 6.48. The minimum absolute atomic E-state index is 0.143. The zero-order valence-electron chi connectivity index (χ0n) is 15.0. The predicted octanol–water partition coefficient (Wildman–Crippen LogP) is 2.04. The van der Waals surface area contributed by atoms with Gasteiger partial charge in [0.15, 0.2) is 5.82 Å². The summed E-state index contributed by atoms with van der Waals surface area (Å²) < 4.78 is 6.00. The molecule has 136 valence electrons. The fourth-order valence-electron chi connectivity index (χ4n) is 3.53. The average molecular weight is 360 g/mol. The van der Waals surface area contributed by atoms with Crippen LogP contribution in [0.3, 0.4) is 0 Å². The molecule has 5 rings (SSSR count). The van der Waals surface area contributed by atoms with E-state index in [-0.39, 0.29) is 6.04 Å². The van der Waals surface area contributed by atoms with Crippen LogP contribution in [0.2, 0.25) is 0 Å². The SMILES string of the molecule is C[C@H](c1ccc(-n2cncn2)cc1)n1ccnc1-c1cc2n(n1)CCNC2. The number of imidazole rings is 1. The van der Waals surface area contributed by atoms with E-state index in [9.17, 15) is 0 Å². The van der Waals surface area contributed by atoms with E-state index in [1.54, 1.807) is 11.0 Å². The van der Waals surface area contributed by atoms with Crippen LogP contribution in [0.15, 0.2) is 55.4 Å². The Kier molecular flexibility index (Phi) is 3.83. The van der Waals surface area contributed by atoms with E-state index in [2.05, 4.69) is 66.9 Å². The lowest BCUT2D eigenvalue weighted by Crippen LogP contribution is -2.28. The van der Waals surface area contributed by atoms with Crippen molar-refractivity contribution in [1.29, 1.82) is 0 Å². The lowest BCUT2D eigenvalue weighted by molar-refractivity contribution is 0.476. The van der Waals surface area contributed by atoms with E-state index in [0.717, 1.165) is 36.8 Å². The van der Waals surface area contributed by atoms with Crippen LogP contribution in [0, 0.1) is 0 Å². The predicted molar refractivity (Wildman–Crippen MR) is 100 cm³/mol. The Morgan fingerprint density at radius 2 is 2.07 bits per heavy atom. The van der Waals surface area contributed by atoms with Crippen LogP contribution in [0.5, 0.6) is 0 Å². The van der Waals surface area contributed by atoms with Gasteiger partial charge < -0.3 is 9.88 Å². The van der Waals surface area contributed by atoms with Gasteiger partial charge in [0.25, 0.3) is 0 Å². The highest BCUT2D eigenvalue weighted by Crippen LogP contribution is 2.26. The second-order valence-electron chi connectivity index (χ2n) is 6.69. The summed E-state index contributed by atoms with van der Waals surface area (Å²) in [6.07, 6.45) is 7.09. The summed E-state index contributed by atoms with van der Waals surface area (Å²) in [7, 11) is 0. The first-order chi connectivity index (χ1) is 13.3. The minimum Gasteiger partial charge on any atom is -0.322 e. The van der Waals surface area contributed by atoms with Crippen molar-refractivity contribution in [2.45, 2.75) is 26.1 Å². The third-order valence-corrected chi connectivity index (χ3v) is 5.04. The highest BCUT2D eigenvalue weighted by atomic mass is 15.3. The summed E-state index contributed by atoms with van der Waals surface area (Å²) in [4.78, 5) is 8.57. The molecule has 8 heteroatoms. The molecule has 1 aliphatic heterocycles. The Hall–Kier alpha value is -3.26. The first kappa shape index (κ1) is 16.0. The van der Waals surface area contributed by atoms with Crippen molar-refractivity contribution in [1.82, 2.24) is 39.4 Å². The lowest BCUT2D eigenvalue weighted by Gasteiger charge is -2.16. The van der Waals surface area contributed by atoms with Gasteiger partial charge in [-0.3, -0.25) is 4.68 Å². The third kappa shape index (κ3) is 2.83. The summed E-state index contributed by atoms with van der Waals surface area (Å²) in [6.45, 7) is 4.88. The fourth-order valence-corrected chi connectivity index (χ4v) is 3.53. The molecule has 0 saturated carbocycles. The zero-order valence-corrected chi connectivity index (χ0v) is 15.0. The highest BCUT2D eigenvalue weighted by Gasteiger charge is 2.19. The van der Waals surface area contributed by atoms with Gasteiger partial charge in [-0.05, 0) is 30.7 Å². The average Bonchev–Trinajstić information content (AvgIpc) is 3.47. The molecule has 0 radical (unpaired) electrons. The van der Waals surface area contributed by atoms with Crippen LogP contribution in [0.4, 0.5) is 0 Å². The monoisotopic (exact) mass is 360 g/mol. The van der Waals surface area contributed by atoms with Gasteiger partial charge in [-0.1, -0.05) is 12.1 Å². The zero-order chi connectivity index (χ0) is 18.2. The third-order valence-electron chi connectivity index (χ3n) is 5.04. The Labute approximate surface area is 156 Å². The number of aromatic nitrogens is 7. The molecule has 8 nitrogen and oxygen atoms in total. The summed E-state index contributed by atoms with van der Waals surface area (Å²) in [5.41, 5.74) is 4.31. The quantitative estimate of drug-likeness (QED) is 0.603. The van der Waals surface area contributed by atoms with Crippen molar-refractivity contribution in [3.8, 4) is 17.2 Å². The normalized spacial score (nSPS) is 14.9. The van der Waals surface area contributed by atoms with E-state index in [4.69, 9.17) is 5.10 Å². The molecule has 0 spiro atoms. The molecule has 1 aromatic carbocycles. The fraction of sp³-hybridized carbons (Fsp3) is 0.263. The Bertz CT molecular complexity index is 1020. The molecule has 0 saturated heterocycles. The maximum Gasteiger partial charge on any atom is 0.161 e. The number of benzene rings is 1. The Morgan fingerprint density at radius 3 is 2.85 bits per heavy atom. The maximum absolute atomic E-state index is 4.75. The molecule has 0 amide bonds. The molecule has 4 aromatic rings. The molecule has 27 heavy (non-hydrogen) atoms. The molecule has 0 aliphatic carbocycles. The largest absolute Gasteiger partial charge is 0.322 e. The van der Waals surface area contributed by atoms with Gasteiger partial charge in [-0.2, -0.15) is 10.2 Å². The Balaban J connectivity index is 1.45. The molecule has 1 N–H and O–H groups in total. The number of fused-ring (bicyclic) bond motifs is 1. The summed E-state index contributed by atoms with van der Waals surface area (Å²) >= 11 is 0. The van der Waals surface area contributed by atoms with E-state index >= 15 is 0 Å². The minimum atomic E-state index is 0.143. The van der Waals surface area contributed by atoms with Crippen LogP contribution in [0.25, 0.3) is 17.2 Å². The first-order valence-electron chi connectivity index (χ1n) is 9.05. The molecule has 1 atom stereocenters. The number of hydrogen-bond donors (Lipinski definition) is 1. The van der Waals surface area contributed by atoms with Crippen LogP contribution < -0.4 is 5.32 Å². The van der Waals surface area contributed by atoms with Crippen LogP contribution in [-0.2, 0) is 13.1 Å². The van der Waals surface area contributed by atoms with Crippen LogP contribution in [0.1, 0.15) is 24.2 Å². The highest BCUT2D eigenvalue weighted by molar-refractivity contribution is 5.51. The number of nitrogens with zero attached hydrogens (tertiary/aromatic N) is 7. The van der Waals surface area contributed by atoms with Gasteiger partial charge in [0.05, 0.1) is 24.0 Å². The topological polar surface area (TPSA) is 78.4 Å². The molecular weight excluding hydrogens is 340 g/mol. The van der Waals surface area contributed by atoms with Gasteiger partial charge in [-0.25, -0.2) is 14.6 Å². The van der Waals surface area contributed by atoms with E-state index < -0.39 is 0 Å². The smallest absolute Gasteiger partial charge is 0.161 e. The molecule has 0 unspecified atom stereocenters. The molecular formula is C19H20N8. The second-order valence-corrected chi connectivity index (χ2v) is 6.69. The lowest BCUT2D eigenvalue weighted by atomic mass is 10.1. The summed E-state index contributed by atoms with van der Waals surface area (Å²) in [6, 6.07) is 10.6. The molecule has 1 aliphatic rings. The molecule has 3 aromatic heterocycles. The molecule has 0 bridgehead atoms. The first-order valence-corrected chi connectivity index (χ1v) is 9.05. The van der Waals surface area contributed by atoms with Crippen molar-refractivity contribution >= 4 is 0 Å². The standard InChI is InChI=1S/C19H20N8/c1-14(15-2-4-16(5-3-15)27-13-21-12-23-27)25-8-7-22-19(25)18-10-17-11-20-6-9-26(17)24-18/h2-5,7-8,10,12-14,20H,6,9,11H2,1H3/t14-/m1/s1. The summed E-state index contributed by atoms with van der Waals surface area (Å²) in [5.74, 6) is 0.893. The molecule has 4 heterocycles. The maximum atomic E-state index is 4.75. The Morgan fingerprint density at radius 1 is 1.19 bits per heavy atom. The molecule has 0 fully saturated rings. The number of rotatable bonds is 4. The number of nitrogens with one attached hydrogen (secondary N) is 1. The summed E-state index contributed by atoms with van der Waals surface area (Å²) in [5, 5.41) is 12.3. The number of hydrogen-bond acceptors (Lipinski definition) is 5. The van der Waals surface area contributed by atoms with Gasteiger partial charge in [0.1, 0.15) is 18.3 Å². The van der Waals surface area contributed by atoms with Gasteiger partial charge in [0.2, 0.25) is 0 Å². The van der Waals surface area contributed by atoms with Crippen LogP contribution >= 0.6 is 0 Å². The van der Waals surface area contributed by atoms with Gasteiger partial charge >= 0.3 is 0 Å². The van der Waals surface area contributed by atoms with Crippen molar-refractivity contribution in [3.05, 3.63) is 66.6 Å². The van der Waals surface area contributed by atoms with Crippen LogP contribution in [-0.4, -0.2) is 40.6 Å². The van der Waals surface area contributed by atoms with Gasteiger partial charge in [0, 0.05) is 25.5 Å². The van der Waals surface area contributed by atoms with Crippen molar-refractivity contribution < 1.29 is 0 Å².